The lowest BCUT2D eigenvalue weighted by Gasteiger charge is -2.02. The van der Waals surface area contributed by atoms with E-state index in [0.29, 0.717) is 13.0 Å². The summed E-state index contributed by atoms with van der Waals surface area (Å²) in [6.45, 7) is 1.45. The minimum atomic E-state index is 0.106. The summed E-state index contributed by atoms with van der Waals surface area (Å²) in [6.07, 6.45) is 1.63. The van der Waals surface area contributed by atoms with Gasteiger partial charge in [0.15, 0.2) is 0 Å². The molecule has 0 spiro atoms. The van der Waals surface area contributed by atoms with E-state index in [0.717, 1.165) is 13.0 Å². The van der Waals surface area contributed by atoms with Crippen LogP contribution in [0.2, 0.25) is 0 Å². The summed E-state index contributed by atoms with van der Waals surface area (Å²) >= 11 is 0. The molecule has 3 nitrogen and oxygen atoms in total. The highest BCUT2D eigenvalue weighted by molar-refractivity contribution is 5.76. The molecule has 1 aromatic carbocycles. The van der Waals surface area contributed by atoms with E-state index in [9.17, 15) is 4.79 Å². The van der Waals surface area contributed by atoms with Gasteiger partial charge < -0.3 is 10.1 Å². The zero-order valence-electron chi connectivity index (χ0n) is 8.61. The average Bonchev–Trinajstić information content (AvgIpc) is 3.09. The van der Waals surface area contributed by atoms with Crippen LogP contribution in [0.1, 0.15) is 12.0 Å². The molecule has 0 radical (unpaired) electrons. The van der Waals surface area contributed by atoms with E-state index in [1.807, 2.05) is 30.3 Å². The van der Waals surface area contributed by atoms with Gasteiger partial charge in [0.05, 0.1) is 12.7 Å². The Balaban J connectivity index is 1.66. The molecule has 0 bridgehead atoms. The van der Waals surface area contributed by atoms with Gasteiger partial charge >= 0.3 is 0 Å². The quantitative estimate of drug-likeness (QED) is 0.732. The number of rotatable bonds is 5. The van der Waals surface area contributed by atoms with Crippen LogP contribution in [0.5, 0.6) is 0 Å². The Morgan fingerprint density at radius 3 is 2.80 bits per heavy atom. The van der Waals surface area contributed by atoms with Crippen LogP contribution in [-0.2, 0) is 16.0 Å². The maximum Gasteiger partial charge on any atom is 0.220 e. The Hall–Kier alpha value is -1.35. The Morgan fingerprint density at radius 2 is 2.13 bits per heavy atom. The predicted molar refractivity (Wildman–Crippen MR) is 57.5 cm³/mol. The van der Waals surface area contributed by atoms with E-state index in [4.69, 9.17) is 4.74 Å². The van der Waals surface area contributed by atoms with Crippen molar-refractivity contribution in [3.8, 4) is 0 Å². The van der Waals surface area contributed by atoms with E-state index in [1.165, 1.54) is 5.56 Å². The van der Waals surface area contributed by atoms with Crippen LogP contribution >= 0.6 is 0 Å². The first kappa shape index (κ1) is 10.2. The second-order valence-corrected chi connectivity index (χ2v) is 3.75. The number of amides is 1. The fourth-order valence-electron chi connectivity index (χ4n) is 1.40. The molecule has 0 aromatic heterocycles. The van der Waals surface area contributed by atoms with E-state index in [1.54, 1.807) is 0 Å². The third-order valence-electron chi connectivity index (χ3n) is 2.41. The van der Waals surface area contributed by atoms with Gasteiger partial charge in [-0.1, -0.05) is 30.3 Å². The topological polar surface area (TPSA) is 41.6 Å². The lowest BCUT2D eigenvalue weighted by atomic mass is 10.1. The highest BCUT2D eigenvalue weighted by Gasteiger charge is 2.22. The highest BCUT2D eigenvalue weighted by Crippen LogP contribution is 2.06. The zero-order valence-corrected chi connectivity index (χ0v) is 8.61. The van der Waals surface area contributed by atoms with Crippen LogP contribution in [0.3, 0.4) is 0 Å². The molecule has 0 unspecified atom stereocenters. The Bertz CT molecular complexity index is 320. The lowest BCUT2D eigenvalue weighted by Crippen LogP contribution is -2.27. The van der Waals surface area contributed by atoms with Gasteiger partial charge in [0.1, 0.15) is 0 Å². The van der Waals surface area contributed by atoms with Crippen LogP contribution in [0.4, 0.5) is 0 Å². The number of epoxide rings is 1. The first-order valence-electron chi connectivity index (χ1n) is 5.27. The minimum Gasteiger partial charge on any atom is -0.371 e. The summed E-state index contributed by atoms with van der Waals surface area (Å²) < 4.78 is 5.01. The summed E-state index contributed by atoms with van der Waals surface area (Å²) in [5.74, 6) is 0.106. The summed E-state index contributed by atoms with van der Waals surface area (Å²) in [7, 11) is 0. The van der Waals surface area contributed by atoms with Crippen LogP contribution < -0.4 is 5.32 Å². The molecule has 1 aliphatic rings. The molecule has 1 atom stereocenters. The van der Waals surface area contributed by atoms with Crippen molar-refractivity contribution in [3.63, 3.8) is 0 Å². The number of ether oxygens (including phenoxy) is 1. The largest absolute Gasteiger partial charge is 0.371 e. The zero-order chi connectivity index (χ0) is 10.5. The van der Waals surface area contributed by atoms with Crippen molar-refractivity contribution in [2.75, 3.05) is 13.2 Å². The molecule has 1 saturated heterocycles. The van der Waals surface area contributed by atoms with Crippen LogP contribution in [0.25, 0.3) is 0 Å². The van der Waals surface area contributed by atoms with Gasteiger partial charge in [-0.25, -0.2) is 0 Å². The second-order valence-electron chi connectivity index (χ2n) is 3.75. The van der Waals surface area contributed by atoms with Crippen molar-refractivity contribution < 1.29 is 9.53 Å². The average molecular weight is 205 g/mol. The van der Waals surface area contributed by atoms with Gasteiger partial charge in [-0.05, 0) is 12.0 Å². The van der Waals surface area contributed by atoms with Crippen molar-refractivity contribution in [2.45, 2.75) is 18.9 Å². The number of nitrogens with one attached hydrogen (secondary N) is 1. The standard InChI is InChI=1S/C12H15NO2/c14-12(13-8-11-9-15-11)7-6-10-4-2-1-3-5-10/h1-5,11H,6-9H2,(H,13,14)/t11-/m1/s1. The van der Waals surface area contributed by atoms with Crippen molar-refractivity contribution in [1.82, 2.24) is 5.32 Å². The molecule has 3 heteroatoms. The monoisotopic (exact) mass is 205 g/mol. The molecule has 1 fully saturated rings. The fourth-order valence-corrected chi connectivity index (χ4v) is 1.40. The molecule has 80 valence electrons. The Labute approximate surface area is 89.4 Å². The van der Waals surface area contributed by atoms with E-state index >= 15 is 0 Å². The number of hydrogen-bond donors (Lipinski definition) is 1. The SMILES string of the molecule is O=C(CCc1ccccc1)NC[C@@H]1CO1. The summed E-state index contributed by atoms with van der Waals surface area (Å²) in [4.78, 5) is 11.4. The van der Waals surface area contributed by atoms with Crippen molar-refractivity contribution in [2.24, 2.45) is 0 Å². The molecular weight excluding hydrogens is 190 g/mol. The molecule has 15 heavy (non-hydrogen) atoms. The van der Waals surface area contributed by atoms with E-state index < -0.39 is 0 Å². The van der Waals surface area contributed by atoms with Crippen molar-refractivity contribution >= 4 is 5.91 Å². The highest BCUT2D eigenvalue weighted by atomic mass is 16.6. The maximum absolute atomic E-state index is 11.4. The third kappa shape index (κ3) is 3.72. The molecule has 1 aromatic rings. The predicted octanol–water partition coefficient (Wildman–Crippen LogP) is 1.13. The van der Waals surface area contributed by atoms with Crippen molar-refractivity contribution in [1.29, 1.82) is 0 Å². The summed E-state index contributed by atoms with van der Waals surface area (Å²) in [6, 6.07) is 10.0. The first-order chi connectivity index (χ1) is 7.34. The van der Waals surface area contributed by atoms with Gasteiger partial charge in [-0.2, -0.15) is 0 Å². The molecule has 1 N–H and O–H groups in total. The van der Waals surface area contributed by atoms with Gasteiger partial charge in [0.2, 0.25) is 5.91 Å². The number of carbonyl (C=O) groups is 1. The van der Waals surface area contributed by atoms with E-state index in [-0.39, 0.29) is 12.0 Å². The molecule has 1 amide bonds. The number of aryl methyl sites for hydroxylation is 1. The van der Waals surface area contributed by atoms with Gasteiger partial charge in [-0.3, -0.25) is 4.79 Å². The van der Waals surface area contributed by atoms with Gasteiger partial charge in [0.25, 0.3) is 0 Å². The normalized spacial score (nSPS) is 18.5. The number of carbonyl (C=O) groups excluding carboxylic acids is 1. The minimum absolute atomic E-state index is 0.106. The Morgan fingerprint density at radius 1 is 1.40 bits per heavy atom. The lowest BCUT2D eigenvalue weighted by molar-refractivity contribution is -0.121. The van der Waals surface area contributed by atoms with E-state index in [2.05, 4.69) is 5.32 Å². The second kappa shape index (κ2) is 4.94. The summed E-state index contributed by atoms with van der Waals surface area (Å²) in [5, 5.41) is 2.85. The van der Waals surface area contributed by atoms with Crippen LogP contribution in [0, 0.1) is 0 Å². The smallest absolute Gasteiger partial charge is 0.220 e. The number of benzene rings is 1. The number of hydrogen-bond acceptors (Lipinski definition) is 2. The molecule has 1 heterocycles. The Kier molecular flexibility index (Phi) is 3.35. The first-order valence-corrected chi connectivity index (χ1v) is 5.27. The summed E-state index contributed by atoms with van der Waals surface area (Å²) in [5.41, 5.74) is 1.20. The van der Waals surface area contributed by atoms with Gasteiger partial charge in [0, 0.05) is 13.0 Å². The van der Waals surface area contributed by atoms with Gasteiger partial charge in [-0.15, -0.1) is 0 Å². The molecule has 0 aliphatic carbocycles. The molecular formula is C12H15NO2. The fraction of sp³-hybridized carbons (Fsp3) is 0.417. The molecule has 0 saturated carbocycles. The van der Waals surface area contributed by atoms with Crippen molar-refractivity contribution in [3.05, 3.63) is 35.9 Å². The van der Waals surface area contributed by atoms with Crippen LogP contribution in [0.15, 0.2) is 30.3 Å². The maximum atomic E-state index is 11.4. The molecule has 1 aliphatic heterocycles. The third-order valence-corrected chi connectivity index (χ3v) is 2.41. The molecule has 2 rings (SSSR count). The van der Waals surface area contributed by atoms with Crippen LogP contribution in [-0.4, -0.2) is 25.2 Å².